The first-order valence-electron chi connectivity index (χ1n) is 5.39. The third kappa shape index (κ3) is 2.74. The van der Waals surface area contributed by atoms with Gasteiger partial charge in [0, 0.05) is 26.5 Å². The third-order valence-electron chi connectivity index (χ3n) is 2.31. The minimum absolute atomic E-state index is 0.181. The molecule has 0 spiro atoms. The topological polar surface area (TPSA) is 89.9 Å². The number of amides is 1. The quantitative estimate of drug-likeness (QED) is 0.794. The van der Waals surface area contributed by atoms with Crippen molar-refractivity contribution in [1.29, 1.82) is 0 Å². The molecule has 2 N–H and O–H groups in total. The van der Waals surface area contributed by atoms with Gasteiger partial charge in [-0.25, -0.2) is 14.6 Å². The van der Waals surface area contributed by atoms with Gasteiger partial charge in [-0.1, -0.05) is 12.2 Å². The lowest BCUT2D eigenvalue weighted by Gasteiger charge is -2.06. The zero-order valence-electron chi connectivity index (χ0n) is 10.4. The first-order chi connectivity index (χ1) is 8.99. The van der Waals surface area contributed by atoms with E-state index >= 15 is 0 Å². The van der Waals surface area contributed by atoms with Crippen LogP contribution in [0.1, 0.15) is 16.2 Å². The number of hydrogen-bond donors (Lipinski definition) is 1. The molecule has 2 aromatic rings. The van der Waals surface area contributed by atoms with E-state index in [0.29, 0.717) is 17.3 Å². The lowest BCUT2D eigenvalue weighted by atomic mass is 10.4. The predicted octanol–water partition coefficient (Wildman–Crippen LogP) is -0.00170. The molecular formula is C11H12N6OS. The molecule has 0 bridgehead atoms. The summed E-state index contributed by atoms with van der Waals surface area (Å²) in [4.78, 5) is 21.6. The summed E-state index contributed by atoms with van der Waals surface area (Å²) < 4.78 is 1.40. The average molecular weight is 276 g/mol. The van der Waals surface area contributed by atoms with E-state index in [9.17, 15) is 4.79 Å². The molecule has 7 nitrogen and oxygen atoms in total. The fourth-order valence-electron chi connectivity index (χ4n) is 1.37. The van der Waals surface area contributed by atoms with E-state index in [-0.39, 0.29) is 10.9 Å². The molecule has 19 heavy (non-hydrogen) atoms. The van der Waals surface area contributed by atoms with E-state index in [1.54, 1.807) is 32.4 Å². The fourth-order valence-corrected chi connectivity index (χ4v) is 1.49. The molecule has 2 heterocycles. The van der Waals surface area contributed by atoms with Gasteiger partial charge in [-0.15, -0.1) is 0 Å². The number of nitrogens with zero attached hydrogens (tertiary/aromatic N) is 5. The van der Waals surface area contributed by atoms with Crippen molar-refractivity contribution in [3.63, 3.8) is 0 Å². The monoisotopic (exact) mass is 276 g/mol. The summed E-state index contributed by atoms with van der Waals surface area (Å²) in [5.41, 5.74) is 6.27. The normalized spacial score (nSPS) is 10.2. The second-order valence-corrected chi connectivity index (χ2v) is 4.39. The Labute approximate surface area is 115 Å². The van der Waals surface area contributed by atoms with Crippen LogP contribution < -0.4 is 5.73 Å². The summed E-state index contributed by atoms with van der Waals surface area (Å²) in [6.45, 7) is 0. The maximum atomic E-state index is 11.7. The molecule has 0 aliphatic carbocycles. The van der Waals surface area contributed by atoms with Gasteiger partial charge in [-0.2, -0.15) is 5.10 Å². The number of rotatable bonds is 3. The molecule has 0 saturated carbocycles. The lowest BCUT2D eigenvalue weighted by molar-refractivity contribution is 0.0821. The molecule has 2 aromatic heterocycles. The molecule has 0 aliphatic heterocycles. The third-order valence-corrected chi connectivity index (χ3v) is 2.52. The minimum atomic E-state index is -0.191. The van der Waals surface area contributed by atoms with Crippen LogP contribution in [-0.4, -0.2) is 49.6 Å². The van der Waals surface area contributed by atoms with Crippen molar-refractivity contribution in [2.24, 2.45) is 5.73 Å². The van der Waals surface area contributed by atoms with E-state index in [4.69, 9.17) is 18.0 Å². The SMILES string of the molecule is CN(C)C(=O)c1ccn(-c2nccc(C(N)=S)n2)n1. The Morgan fingerprint density at radius 3 is 2.74 bits per heavy atom. The average Bonchev–Trinajstić information content (AvgIpc) is 2.87. The number of aromatic nitrogens is 4. The van der Waals surface area contributed by atoms with Gasteiger partial charge in [0.25, 0.3) is 11.9 Å². The molecule has 0 fully saturated rings. The van der Waals surface area contributed by atoms with Crippen molar-refractivity contribution in [3.05, 3.63) is 35.9 Å². The van der Waals surface area contributed by atoms with E-state index in [0.717, 1.165) is 0 Å². The van der Waals surface area contributed by atoms with Gasteiger partial charge in [0.15, 0.2) is 5.69 Å². The van der Waals surface area contributed by atoms with Gasteiger partial charge in [-0.05, 0) is 12.1 Å². The summed E-state index contributed by atoms with van der Waals surface area (Å²) >= 11 is 4.85. The molecule has 0 aromatic carbocycles. The standard InChI is InChI=1S/C11H12N6OS/c1-16(2)10(18)8-4-6-17(15-8)11-13-5-3-7(14-11)9(12)19/h3-6H,1-2H3,(H2,12,19). The summed E-state index contributed by atoms with van der Waals surface area (Å²) in [6.07, 6.45) is 3.14. The van der Waals surface area contributed by atoms with Crippen molar-refractivity contribution in [3.8, 4) is 5.95 Å². The molecule has 1 amide bonds. The van der Waals surface area contributed by atoms with Crippen LogP contribution in [0.25, 0.3) is 5.95 Å². The molecule has 8 heteroatoms. The van der Waals surface area contributed by atoms with Crippen LogP contribution >= 0.6 is 12.2 Å². The van der Waals surface area contributed by atoms with Crippen molar-refractivity contribution in [2.45, 2.75) is 0 Å². The van der Waals surface area contributed by atoms with Crippen molar-refractivity contribution >= 4 is 23.1 Å². The van der Waals surface area contributed by atoms with E-state index in [1.807, 2.05) is 0 Å². The highest BCUT2D eigenvalue weighted by atomic mass is 32.1. The van der Waals surface area contributed by atoms with Gasteiger partial charge in [0.05, 0.1) is 0 Å². The summed E-state index contributed by atoms with van der Waals surface area (Å²) in [5.74, 6) is 0.118. The van der Waals surface area contributed by atoms with Gasteiger partial charge >= 0.3 is 0 Å². The summed E-state index contributed by atoms with van der Waals surface area (Å²) in [6, 6.07) is 3.21. The second-order valence-electron chi connectivity index (χ2n) is 3.95. The highest BCUT2D eigenvalue weighted by Crippen LogP contribution is 2.05. The zero-order valence-corrected chi connectivity index (χ0v) is 11.3. The molecule has 0 unspecified atom stereocenters. The Balaban J connectivity index is 2.35. The number of carbonyl (C=O) groups is 1. The van der Waals surface area contributed by atoms with Crippen LogP contribution in [-0.2, 0) is 0 Å². The van der Waals surface area contributed by atoms with Crippen LogP contribution in [0.5, 0.6) is 0 Å². The maximum Gasteiger partial charge on any atom is 0.273 e. The Morgan fingerprint density at radius 2 is 2.11 bits per heavy atom. The Bertz CT molecular complexity index is 636. The van der Waals surface area contributed by atoms with Crippen LogP contribution in [0.2, 0.25) is 0 Å². The Hall–Kier alpha value is -2.35. The van der Waals surface area contributed by atoms with Gasteiger partial charge in [0.1, 0.15) is 10.7 Å². The number of thiocarbonyl (C=S) groups is 1. The highest BCUT2D eigenvalue weighted by Gasteiger charge is 2.13. The van der Waals surface area contributed by atoms with Gasteiger partial charge < -0.3 is 10.6 Å². The Kier molecular flexibility index (Phi) is 3.52. The smallest absolute Gasteiger partial charge is 0.273 e. The zero-order chi connectivity index (χ0) is 14.0. The molecule has 0 saturated heterocycles. The fraction of sp³-hybridized carbons (Fsp3) is 0.182. The minimum Gasteiger partial charge on any atom is -0.388 e. The number of carbonyl (C=O) groups excluding carboxylic acids is 1. The van der Waals surface area contributed by atoms with Crippen molar-refractivity contribution < 1.29 is 4.79 Å². The Morgan fingerprint density at radius 1 is 1.37 bits per heavy atom. The van der Waals surface area contributed by atoms with Crippen molar-refractivity contribution in [1.82, 2.24) is 24.6 Å². The van der Waals surface area contributed by atoms with Crippen LogP contribution in [0.3, 0.4) is 0 Å². The van der Waals surface area contributed by atoms with Crippen LogP contribution in [0.4, 0.5) is 0 Å². The molecular weight excluding hydrogens is 264 g/mol. The van der Waals surface area contributed by atoms with E-state index in [1.165, 1.54) is 15.8 Å². The summed E-state index contributed by atoms with van der Waals surface area (Å²) in [7, 11) is 3.32. The lowest BCUT2D eigenvalue weighted by Crippen LogP contribution is -2.22. The molecule has 0 atom stereocenters. The molecule has 2 rings (SSSR count). The van der Waals surface area contributed by atoms with Crippen molar-refractivity contribution in [2.75, 3.05) is 14.1 Å². The molecule has 0 aliphatic rings. The van der Waals surface area contributed by atoms with E-state index in [2.05, 4.69) is 15.1 Å². The molecule has 98 valence electrons. The summed E-state index contributed by atoms with van der Waals surface area (Å²) in [5, 5.41) is 4.12. The van der Waals surface area contributed by atoms with E-state index < -0.39 is 0 Å². The first-order valence-corrected chi connectivity index (χ1v) is 5.80. The highest BCUT2D eigenvalue weighted by molar-refractivity contribution is 7.80. The second kappa shape index (κ2) is 5.11. The van der Waals surface area contributed by atoms with Gasteiger partial charge in [-0.3, -0.25) is 4.79 Å². The number of nitrogens with two attached hydrogens (primary N) is 1. The van der Waals surface area contributed by atoms with Crippen LogP contribution in [0.15, 0.2) is 24.5 Å². The predicted molar refractivity (Wildman–Crippen MR) is 73.1 cm³/mol. The maximum absolute atomic E-state index is 11.7. The number of hydrogen-bond acceptors (Lipinski definition) is 5. The largest absolute Gasteiger partial charge is 0.388 e. The molecule has 0 radical (unpaired) electrons. The van der Waals surface area contributed by atoms with Crippen LogP contribution in [0, 0.1) is 0 Å². The van der Waals surface area contributed by atoms with Gasteiger partial charge in [0.2, 0.25) is 0 Å². The first kappa shape index (κ1) is 13.1.